The Morgan fingerprint density at radius 2 is 1.88 bits per heavy atom. The van der Waals surface area contributed by atoms with Crippen LogP contribution in [0.15, 0.2) is 35.7 Å². The van der Waals surface area contributed by atoms with Crippen LogP contribution in [0.25, 0.3) is 6.08 Å². The van der Waals surface area contributed by atoms with Crippen molar-refractivity contribution >= 4 is 16.1 Å². The van der Waals surface area contributed by atoms with Crippen LogP contribution < -0.4 is 0 Å². The predicted molar refractivity (Wildman–Crippen MR) is 71.9 cm³/mol. The lowest BCUT2D eigenvalue weighted by Gasteiger charge is -2.21. The summed E-state index contributed by atoms with van der Waals surface area (Å²) in [5.41, 5.74) is 0.883. The van der Waals surface area contributed by atoms with Gasteiger partial charge in [-0.1, -0.05) is 37.3 Å². The van der Waals surface area contributed by atoms with Crippen LogP contribution in [0, 0.1) is 0 Å². The molecular weight excluding hydrogens is 234 g/mol. The highest BCUT2D eigenvalue weighted by Crippen LogP contribution is 2.11. The summed E-state index contributed by atoms with van der Waals surface area (Å²) in [5.74, 6) is 0. The van der Waals surface area contributed by atoms with E-state index in [0.29, 0.717) is 0 Å². The summed E-state index contributed by atoms with van der Waals surface area (Å²) in [4.78, 5) is 0. The third kappa shape index (κ3) is 3.98. The molecule has 0 aliphatic heterocycles. The van der Waals surface area contributed by atoms with Crippen LogP contribution in [-0.4, -0.2) is 25.8 Å². The van der Waals surface area contributed by atoms with Crippen LogP contribution in [0.4, 0.5) is 0 Å². The van der Waals surface area contributed by atoms with Gasteiger partial charge in [-0.15, -0.1) is 0 Å². The minimum atomic E-state index is -3.32. The number of sulfonamides is 1. The zero-order valence-corrected chi connectivity index (χ0v) is 11.3. The lowest BCUT2D eigenvalue weighted by Crippen LogP contribution is -2.33. The standard InChI is InChI=1S/C13H19NO2S/c1-4-12(2)14(3)17(15,16)11-10-13-8-6-5-7-9-13/h5-12H,4H2,1-3H3/b11-10-/t12-/m1/s1. The van der Waals surface area contributed by atoms with E-state index >= 15 is 0 Å². The molecule has 1 rings (SSSR count). The van der Waals surface area contributed by atoms with Gasteiger partial charge in [0, 0.05) is 18.5 Å². The van der Waals surface area contributed by atoms with E-state index in [-0.39, 0.29) is 6.04 Å². The average Bonchev–Trinajstić information content (AvgIpc) is 2.36. The Bertz CT molecular complexity index is 465. The fourth-order valence-corrected chi connectivity index (χ4v) is 2.50. The fourth-order valence-electron chi connectivity index (χ4n) is 1.33. The van der Waals surface area contributed by atoms with E-state index in [1.165, 1.54) is 9.71 Å². The van der Waals surface area contributed by atoms with E-state index in [4.69, 9.17) is 0 Å². The smallest absolute Gasteiger partial charge is 0.208 e. The van der Waals surface area contributed by atoms with E-state index < -0.39 is 10.0 Å². The van der Waals surface area contributed by atoms with Crippen LogP contribution in [0.2, 0.25) is 0 Å². The molecular formula is C13H19NO2S. The maximum Gasteiger partial charge on any atom is 0.236 e. The Morgan fingerprint density at radius 3 is 2.41 bits per heavy atom. The zero-order valence-electron chi connectivity index (χ0n) is 10.5. The van der Waals surface area contributed by atoms with Gasteiger partial charge in [-0.2, -0.15) is 4.31 Å². The molecule has 94 valence electrons. The molecule has 0 radical (unpaired) electrons. The molecule has 0 spiro atoms. The molecule has 0 heterocycles. The third-order valence-electron chi connectivity index (χ3n) is 2.84. The van der Waals surface area contributed by atoms with Gasteiger partial charge in [0.05, 0.1) is 0 Å². The van der Waals surface area contributed by atoms with Gasteiger partial charge < -0.3 is 0 Å². The molecule has 0 aromatic heterocycles. The summed E-state index contributed by atoms with van der Waals surface area (Å²) in [7, 11) is -1.71. The molecule has 0 aliphatic carbocycles. The maximum absolute atomic E-state index is 11.9. The van der Waals surface area contributed by atoms with Gasteiger partial charge >= 0.3 is 0 Å². The Balaban J connectivity index is 2.84. The first-order valence-corrected chi connectivity index (χ1v) is 7.19. The topological polar surface area (TPSA) is 37.4 Å². The quantitative estimate of drug-likeness (QED) is 0.809. The van der Waals surface area contributed by atoms with Crippen molar-refractivity contribution in [2.45, 2.75) is 26.3 Å². The first-order chi connectivity index (χ1) is 7.97. The molecule has 0 fully saturated rings. The molecule has 0 unspecified atom stereocenters. The zero-order chi connectivity index (χ0) is 12.9. The largest absolute Gasteiger partial charge is 0.236 e. The molecule has 17 heavy (non-hydrogen) atoms. The molecule has 1 atom stereocenters. The molecule has 0 amide bonds. The summed E-state index contributed by atoms with van der Waals surface area (Å²) >= 11 is 0. The van der Waals surface area contributed by atoms with Crippen molar-refractivity contribution in [3.05, 3.63) is 41.3 Å². The summed E-state index contributed by atoms with van der Waals surface area (Å²) in [6, 6.07) is 9.41. The summed E-state index contributed by atoms with van der Waals surface area (Å²) in [6.45, 7) is 3.87. The highest BCUT2D eigenvalue weighted by atomic mass is 32.2. The van der Waals surface area contributed by atoms with Gasteiger partial charge in [-0.25, -0.2) is 8.42 Å². The molecule has 4 heteroatoms. The summed E-state index contributed by atoms with van der Waals surface area (Å²) in [5, 5.41) is 1.26. The minimum Gasteiger partial charge on any atom is -0.208 e. The van der Waals surface area contributed by atoms with Crippen molar-refractivity contribution in [1.82, 2.24) is 4.31 Å². The number of rotatable bonds is 5. The Hall–Kier alpha value is -1.13. The van der Waals surface area contributed by atoms with Gasteiger partial charge in [-0.3, -0.25) is 0 Å². The van der Waals surface area contributed by atoms with Gasteiger partial charge in [0.25, 0.3) is 0 Å². The van der Waals surface area contributed by atoms with E-state index in [1.54, 1.807) is 13.1 Å². The van der Waals surface area contributed by atoms with Crippen LogP contribution in [0.3, 0.4) is 0 Å². The Kier molecular flexibility index (Phi) is 4.90. The fraction of sp³-hybridized carbons (Fsp3) is 0.385. The van der Waals surface area contributed by atoms with Crippen LogP contribution >= 0.6 is 0 Å². The monoisotopic (exact) mass is 253 g/mol. The number of hydrogen-bond acceptors (Lipinski definition) is 2. The van der Waals surface area contributed by atoms with Crippen LogP contribution in [-0.2, 0) is 10.0 Å². The normalized spacial score (nSPS) is 14.4. The van der Waals surface area contributed by atoms with E-state index in [2.05, 4.69) is 0 Å². The molecule has 0 saturated carbocycles. The molecule has 0 saturated heterocycles. The van der Waals surface area contributed by atoms with Gasteiger partial charge in [0.1, 0.15) is 0 Å². The average molecular weight is 253 g/mol. The van der Waals surface area contributed by atoms with E-state index in [9.17, 15) is 8.42 Å². The lowest BCUT2D eigenvalue weighted by molar-refractivity contribution is 0.386. The number of nitrogens with zero attached hydrogens (tertiary/aromatic N) is 1. The van der Waals surface area contributed by atoms with E-state index in [0.717, 1.165) is 12.0 Å². The number of benzene rings is 1. The maximum atomic E-state index is 11.9. The van der Waals surface area contributed by atoms with Crippen LogP contribution in [0.5, 0.6) is 0 Å². The molecule has 3 nitrogen and oxygen atoms in total. The van der Waals surface area contributed by atoms with Crippen molar-refractivity contribution in [2.24, 2.45) is 0 Å². The molecule has 1 aromatic rings. The van der Waals surface area contributed by atoms with Crippen molar-refractivity contribution in [1.29, 1.82) is 0 Å². The second kappa shape index (κ2) is 5.98. The molecule has 0 bridgehead atoms. The van der Waals surface area contributed by atoms with Crippen molar-refractivity contribution in [2.75, 3.05) is 7.05 Å². The Labute approximate surface area is 104 Å². The van der Waals surface area contributed by atoms with Crippen LogP contribution in [0.1, 0.15) is 25.8 Å². The van der Waals surface area contributed by atoms with Gasteiger partial charge in [-0.05, 0) is 25.0 Å². The SMILES string of the molecule is CC[C@@H](C)N(C)S(=O)(=O)/C=C\c1ccccc1. The molecule has 1 aromatic carbocycles. The van der Waals surface area contributed by atoms with E-state index in [1.807, 2.05) is 44.2 Å². The highest BCUT2D eigenvalue weighted by Gasteiger charge is 2.18. The lowest BCUT2D eigenvalue weighted by atomic mass is 10.2. The number of hydrogen-bond donors (Lipinski definition) is 0. The van der Waals surface area contributed by atoms with Crippen molar-refractivity contribution in [3.8, 4) is 0 Å². The Morgan fingerprint density at radius 1 is 1.29 bits per heavy atom. The van der Waals surface area contributed by atoms with Gasteiger partial charge in [0.15, 0.2) is 0 Å². The second-order valence-electron chi connectivity index (χ2n) is 4.03. The highest BCUT2D eigenvalue weighted by molar-refractivity contribution is 7.92. The summed E-state index contributed by atoms with van der Waals surface area (Å²) < 4.78 is 25.3. The predicted octanol–water partition coefficient (Wildman–Crippen LogP) is 2.72. The molecule has 0 N–H and O–H groups in total. The third-order valence-corrected chi connectivity index (χ3v) is 4.49. The van der Waals surface area contributed by atoms with Gasteiger partial charge in [0.2, 0.25) is 10.0 Å². The first kappa shape index (κ1) is 13.9. The van der Waals surface area contributed by atoms with Crippen molar-refractivity contribution < 1.29 is 8.42 Å². The second-order valence-corrected chi connectivity index (χ2v) is 5.91. The molecule has 0 aliphatic rings. The summed E-state index contributed by atoms with van der Waals surface area (Å²) in [6.07, 6.45) is 2.42. The minimum absolute atomic E-state index is 0.0143. The first-order valence-electron chi connectivity index (χ1n) is 5.68. The van der Waals surface area contributed by atoms with Crippen molar-refractivity contribution in [3.63, 3.8) is 0 Å².